The molecule has 1 fully saturated rings. The van der Waals surface area contributed by atoms with Crippen molar-refractivity contribution in [1.29, 1.82) is 0 Å². The number of hydrogen-bond acceptors (Lipinski definition) is 3. The van der Waals surface area contributed by atoms with E-state index in [-0.39, 0.29) is 0 Å². The minimum absolute atomic E-state index is 0.562. The van der Waals surface area contributed by atoms with E-state index >= 15 is 0 Å². The molecule has 0 N–H and O–H groups in total. The fraction of sp³-hybridized carbons (Fsp3) is 0.286. The van der Waals surface area contributed by atoms with E-state index in [1.54, 1.807) is 0 Å². The van der Waals surface area contributed by atoms with Crippen molar-refractivity contribution in [2.24, 2.45) is 0 Å². The minimum atomic E-state index is 0.562. The quantitative estimate of drug-likeness (QED) is 0.704. The highest BCUT2D eigenvalue weighted by Gasteiger charge is 2.36. The summed E-state index contributed by atoms with van der Waals surface area (Å²) in [4.78, 5) is 6.97. The van der Waals surface area contributed by atoms with Crippen molar-refractivity contribution < 1.29 is 4.42 Å². The Morgan fingerprint density at radius 2 is 2.00 bits per heavy atom. The maximum Gasteiger partial charge on any atom is 0.181 e. The summed E-state index contributed by atoms with van der Waals surface area (Å²) in [6, 6.07) is 18.4. The summed E-state index contributed by atoms with van der Waals surface area (Å²) in [5.41, 5.74) is 6.00. The van der Waals surface area contributed by atoms with Gasteiger partial charge < -0.3 is 4.42 Å². The second kappa shape index (κ2) is 5.60. The normalized spacial score (nSPS) is 23.6. The molecule has 2 atom stereocenters. The molecule has 0 saturated carbocycles. The number of rotatable bonds is 3. The zero-order valence-electron chi connectivity index (χ0n) is 13.6. The number of benzene rings is 2. The van der Waals surface area contributed by atoms with Crippen LogP contribution >= 0.6 is 0 Å². The molecule has 2 bridgehead atoms. The topological polar surface area (TPSA) is 29.3 Å². The van der Waals surface area contributed by atoms with Crippen molar-refractivity contribution in [2.75, 3.05) is 0 Å². The van der Waals surface area contributed by atoms with E-state index in [1.807, 2.05) is 6.07 Å². The van der Waals surface area contributed by atoms with Crippen LogP contribution in [0.2, 0.25) is 0 Å². The van der Waals surface area contributed by atoms with Gasteiger partial charge in [-0.1, -0.05) is 42.5 Å². The van der Waals surface area contributed by atoms with Gasteiger partial charge in [0, 0.05) is 18.6 Å². The summed E-state index contributed by atoms with van der Waals surface area (Å²) in [5.74, 6) is 0. The Morgan fingerprint density at radius 1 is 1.08 bits per heavy atom. The summed E-state index contributed by atoms with van der Waals surface area (Å²) in [5, 5.41) is 0. The van der Waals surface area contributed by atoms with E-state index in [2.05, 4.69) is 58.4 Å². The largest absolute Gasteiger partial charge is 0.443 e. The Hall–Kier alpha value is -2.39. The molecule has 2 aliphatic heterocycles. The van der Waals surface area contributed by atoms with Crippen molar-refractivity contribution in [3.05, 3.63) is 72.1 Å². The number of fused-ring (bicyclic) bond motifs is 3. The number of oxazole rings is 1. The van der Waals surface area contributed by atoms with Crippen LogP contribution in [0.15, 0.2) is 65.4 Å². The SMILES string of the molecule is C1=C(c2ccc3ocnc3c2)CC2CCC1N2Cc1ccccc1. The first kappa shape index (κ1) is 14.0. The lowest BCUT2D eigenvalue weighted by atomic mass is 9.94. The van der Waals surface area contributed by atoms with Gasteiger partial charge in [-0.25, -0.2) is 4.98 Å². The van der Waals surface area contributed by atoms with Crippen LogP contribution in [0.5, 0.6) is 0 Å². The molecule has 1 saturated heterocycles. The van der Waals surface area contributed by atoms with Gasteiger partial charge in [-0.3, -0.25) is 4.90 Å². The number of hydrogen-bond donors (Lipinski definition) is 0. The third-order valence-electron chi connectivity index (χ3n) is 5.45. The molecule has 2 aromatic carbocycles. The van der Waals surface area contributed by atoms with Gasteiger partial charge in [0.1, 0.15) is 5.52 Å². The lowest BCUT2D eigenvalue weighted by Crippen LogP contribution is -2.37. The summed E-state index contributed by atoms with van der Waals surface area (Å²) < 4.78 is 5.36. The summed E-state index contributed by atoms with van der Waals surface area (Å²) in [7, 11) is 0. The summed E-state index contributed by atoms with van der Waals surface area (Å²) in [6.07, 6.45) is 7.70. The van der Waals surface area contributed by atoms with Gasteiger partial charge in [0.15, 0.2) is 12.0 Å². The van der Waals surface area contributed by atoms with Gasteiger partial charge in [-0.2, -0.15) is 0 Å². The second-order valence-electron chi connectivity index (χ2n) is 6.89. The van der Waals surface area contributed by atoms with Crippen LogP contribution < -0.4 is 0 Å². The highest BCUT2D eigenvalue weighted by Crippen LogP contribution is 2.39. The van der Waals surface area contributed by atoms with E-state index in [0.717, 1.165) is 24.1 Å². The molecule has 1 aromatic heterocycles. The molecule has 2 aliphatic rings. The molecule has 0 aliphatic carbocycles. The molecule has 3 heteroatoms. The Labute approximate surface area is 141 Å². The van der Waals surface area contributed by atoms with Crippen molar-refractivity contribution >= 4 is 16.7 Å². The van der Waals surface area contributed by atoms with Crippen LogP contribution in [-0.4, -0.2) is 22.0 Å². The van der Waals surface area contributed by atoms with Crippen molar-refractivity contribution in [3.63, 3.8) is 0 Å². The lowest BCUT2D eigenvalue weighted by molar-refractivity contribution is 0.203. The van der Waals surface area contributed by atoms with Crippen LogP contribution in [0.3, 0.4) is 0 Å². The van der Waals surface area contributed by atoms with Gasteiger partial charge in [0.25, 0.3) is 0 Å². The molecule has 3 nitrogen and oxygen atoms in total. The molecule has 3 heterocycles. The molecule has 120 valence electrons. The Kier molecular flexibility index (Phi) is 3.27. The lowest BCUT2D eigenvalue weighted by Gasteiger charge is -2.34. The summed E-state index contributed by atoms with van der Waals surface area (Å²) in [6.45, 7) is 1.06. The molecular weight excluding hydrogens is 296 g/mol. The molecule has 5 rings (SSSR count). The first-order valence-electron chi connectivity index (χ1n) is 8.71. The van der Waals surface area contributed by atoms with E-state index in [4.69, 9.17) is 4.42 Å². The fourth-order valence-electron chi connectivity index (χ4n) is 4.23. The number of nitrogens with zero attached hydrogens (tertiary/aromatic N) is 2. The van der Waals surface area contributed by atoms with Crippen molar-refractivity contribution in [2.45, 2.75) is 37.9 Å². The van der Waals surface area contributed by atoms with Crippen molar-refractivity contribution in [1.82, 2.24) is 9.88 Å². The second-order valence-corrected chi connectivity index (χ2v) is 6.89. The molecular formula is C21H20N2O. The molecule has 0 radical (unpaired) electrons. The van der Waals surface area contributed by atoms with Gasteiger partial charge in [-0.05, 0) is 48.1 Å². The van der Waals surface area contributed by atoms with Crippen LogP contribution in [-0.2, 0) is 6.54 Å². The smallest absolute Gasteiger partial charge is 0.181 e. The van der Waals surface area contributed by atoms with Crippen LogP contribution in [0.1, 0.15) is 30.4 Å². The fourth-order valence-corrected chi connectivity index (χ4v) is 4.23. The van der Waals surface area contributed by atoms with E-state index < -0.39 is 0 Å². The average molecular weight is 316 g/mol. The molecule has 2 unspecified atom stereocenters. The minimum Gasteiger partial charge on any atom is -0.443 e. The zero-order valence-corrected chi connectivity index (χ0v) is 13.6. The van der Waals surface area contributed by atoms with Gasteiger partial charge in [0.2, 0.25) is 0 Å². The standard InChI is InChI=1S/C21H20N2O/c1-2-4-15(5-3-1)13-23-18-7-8-19(23)11-17(10-18)16-6-9-21-20(12-16)22-14-24-21/h1-6,9-10,12,14,18-19H,7-8,11,13H2. The predicted octanol–water partition coefficient (Wildman–Crippen LogP) is 4.65. The first-order valence-corrected chi connectivity index (χ1v) is 8.71. The van der Waals surface area contributed by atoms with E-state index in [9.17, 15) is 0 Å². The van der Waals surface area contributed by atoms with E-state index in [1.165, 1.54) is 35.9 Å². The van der Waals surface area contributed by atoms with Gasteiger partial charge >= 0.3 is 0 Å². The predicted molar refractivity (Wildman–Crippen MR) is 95.4 cm³/mol. The monoisotopic (exact) mass is 316 g/mol. The molecule has 24 heavy (non-hydrogen) atoms. The maximum absolute atomic E-state index is 5.36. The van der Waals surface area contributed by atoms with E-state index in [0.29, 0.717) is 12.1 Å². The molecule has 3 aromatic rings. The zero-order chi connectivity index (χ0) is 15.9. The van der Waals surface area contributed by atoms with Crippen molar-refractivity contribution in [3.8, 4) is 0 Å². The Balaban J connectivity index is 1.43. The van der Waals surface area contributed by atoms with Gasteiger partial charge in [-0.15, -0.1) is 0 Å². The van der Waals surface area contributed by atoms with Crippen LogP contribution in [0, 0.1) is 0 Å². The first-order chi connectivity index (χ1) is 11.9. The maximum atomic E-state index is 5.36. The third-order valence-corrected chi connectivity index (χ3v) is 5.45. The highest BCUT2D eigenvalue weighted by molar-refractivity contribution is 5.79. The number of aromatic nitrogens is 1. The highest BCUT2D eigenvalue weighted by atomic mass is 16.3. The molecule has 0 spiro atoms. The van der Waals surface area contributed by atoms with Gasteiger partial charge in [0.05, 0.1) is 0 Å². The van der Waals surface area contributed by atoms with Crippen LogP contribution in [0.4, 0.5) is 0 Å². The Morgan fingerprint density at radius 3 is 2.88 bits per heavy atom. The average Bonchev–Trinajstić information content (AvgIpc) is 3.16. The van der Waals surface area contributed by atoms with Crippen LogP contribution in [0.25, 0.3) is 16.7 Å². The summed E-state index contributed by atoms with van der Waals surface area (Å²) >= 11 is 0. The molecule has 0 amide bonds. The third kappa shape index (κ3) is 2.36. The Bertz CT molecular complexity index is 896.